The molecule has 1 saturated heterocycles. The second kappa shape index (κ2) is 7.36. The lowest BCUT2D eigenvalue weighted by Crippen LogP contribution is -2.49. The number of aromatic nitrogens is 3. The van der Waals surface area contributed by atoms with E-state index in [4.69, 9.17) is 5.10 Å². The van der Waals surface area contributed by atoms with Crippen LogP contribution in [0.5, 0.6) is 0 Å². The Morgan fingerprint density at radius 3 is 2.83 bits per heavy atom. The molecule has 1 unspecified atom stereocenters. The van der Waals surface area contributed by atoms with Gasteiger partial charge in [-0.15, -0.1) is 0 Å². The van der Waals surface area contributed by atoms with E-state index in [0.717, 1.165) is 25.9 Å². The van der Waals surface area contributed by atoms with Crippen LogP contribution < -0.4 is 10.9 Å². The summed E-state index contributed by atoms with van der Waals surface area (Å²) in [5.41, 5.74) is 0.741. The Labute approximate surface area is 167 Å². The van der Waals surface area contributed by atoms with Crippen LogP contribution in [0.4, 0.5) is 5.69 Å². The smallest absolute Gasteiger partial charge is 0.276 e. The number of benzene rings is 1. The van der Waals surface area contributed by atoms with Crippen LogP contribution in [-0.2, 0) is 5.54 Å². The SMILES string of the molecule is CC(C)(C1CCCNC1)n1nc(-c2cccc([N+](=O)[O-])c2)c2ncccc2c1=O. The Bertz CT molecular complexity index is 1130. The number of pyridine rings is 1. The van der Waals surface area contributed by atoms with E-state index in [1.54, 1.807) is 35.1 Å². The molecule has 8 nitrogen and oxygen atoms in total. The van der Waals surface area contributed by atoms with Crippen LogP contribution in [0.1, 0.15) is 26.7 Å². The maximum absolute atomic E-state index is 13.3. The number of nitrogens with one attached hydrogen (secondary N) is 1. The Morgan fingerprint density at radius 2 is 2.10 bits per heavy atom. The van der Waals surface area contributed by atoms with Crippen LogP contribution in [-0.4, -0.2) is 32.8 Å². The van der Waals surface area contributed by atoms with Crippen LogP contribution in [0.25, 0.3) is 22.2 Å². The molecule has 0 amide bonds. The summed E-state index contributed by atoms with van der Waals surface area (Å²) in [5, 5.41) is 19.8. The monoisotopic (exact) mass is 393 g/mol. The molecule has 2 aromatic heterocycles. The zero-order valence-electron chi connectivity index (χ0n) is 16.5. The van der Waals surface area contributed by atoms with E-state index in [2.05, 4.69) is 10.3 Å². The Balaban J connectivity index is 1.96. The fraction of sp³-hybridized carbons (Fsp3) is 0.381. The van der Waals surface area contributed by atoms with Crippen LogP contribution in [0.3, 0.4) is 0 Å². The number of fused-ring (bicyclic) bond motifs is 1. The van der Waals surface area contributed by atoms with Crippen molar-refractivity contribution in [3.63, 3.8) is 0 Å². The van der Waals surface area contributed by atoms with E-state index >= 15 is 0 Å². The minimum absolute atomic E-state index is 0.0260. The number of rotatable bonds is 4. The van der Waals surface area contributed by atoms with Crippen molar-refractivity contribution in [2.75, 3.05) is 13.1 Å². The van der Waals surface area contributed by atoms with E-state index in [1.807, 2.05) is 13.8 Å². The van der Waals surface area contributed by atoms with Gasteiger partial charge in [-0.2, -0.15) is 5.10 Å². The van der Waals surface area contributed by atoms with Crippen LogP contribution in [0, 0.1) is 16.0 Å². The zero-order valence-corrected chi connectivity index (χ0v) is 16.5. The van der Waals surface area contributed by atoms with Gasteiger partial charge in [-0.1, -0.05) is 12.1 Å². The molecule has 8 heteroatoms. The number of piperidine rings is 1. The molecule has 0 saturated carbocycles. The van der Waals surface area contributed by atoms with Crippen molar-refractivity contribution in [3.05, 3.63) is 63.1 Å². The first kappa shape index (κ1) is 19.2. The fourth-order valence-corrected chi connectivity index (χ4v) is 4.05. The maximum atomic E-state index is 13.3. The first-order valence-electron chi connectivity index (χ1n) is 9.73. The van der Waals surface area contributed by atoms with Crippen LogP contribution in [0.15, 0.2) is 47.4 Å². The highest BCUT2D eigenvalue weighted by atomic mass is 16.6. The summed E-state index contributed by atoms with van der Waals surface area (Å²) in [6.07, 6.45) is 3.66. The van der Waals surface area contributed by atoms with Gasteiger partial charge >= 0.3 is 0 Å². The highest BCUT2D eigenvalue weighted by Crippen LogP contribution is 2.32. The molecule has 150 valence electrons. The average Bonchev–Trinajstić information content (AvgIpc) is 2.74. The van der Waals surface area contributed by atoms with Gasteiger partial charge in [-0.05, 0) is 51.3 Å². The third-order valence-corrected chi connectivity index (χ3v) is 5.83. The summed E-state index contributed by atoms with van der Waals surface area (Å²) in [4.78, 5) is 28.5. The van der Waals surface area contributed by atoms with Gasteiger partial charge in [-0.3, -0.25) is 19.9 Å². The first-order chi connectivity index (χ1) is 13.9. The first-order valence-corrected chi connectivity index (χ1v) is 9.73. The molecule has 0 spiro atoms. The Morgan fingerprint density at radius 1 is 1.28 bits per heavy atom. The number of hydrogen-bond donors (Lipinski definition) is 1. The van der Waals surface area contributed by atoms with E-state index in [-0.39, 0.29) is 17.2 Å². The summed E-state index contributed by atoms with van der Waals surface area (Å²) in [5.74, 6) is 0.244. The lowest BCUT2D eigenvalue weighted by atomic mass is 9.82. The van der Waals surface area contributed by atoms with Crippen molar-refractivity contribution in [2.45, 2.75) is 32.2 Å². The number of nitro benzene ring substituents is 1. The van der Waals surface area contributed by atoms with E-state index in [9.17, 15) is 14.9 Å². The Hall–Kier alpha value is -3.13. The molecule has 1 aliphatic heterocycles. The third-order valence-electron chi connectivity index (χ3n) is 5.83. The average molecular weight is 393 g/mol. The van der Waals surface area contributed by atoms with Crippen molar-refractivity contribution in [1.29, 1.82) is 0 Å². The highest BCUT2D eigenvalue weighted by Gasteiger charge is 2.35. The molecule has 3 heterocycles. The van der Waals surface area contributed by atoms with Gasteiger partial charge in [0.25, 0.3) is 11.2 Å². The largest absolute Gasteiger partial charge is 0.316 e. The topological polar surface area (TPSA) is 103 Å². The molecule has 1 aromatic carbocycles. The van der Waals surface area contributed by atoms with Crippen molar-refractivity contribution >= 4 is 16.6 Å². The van der Waals surface area contributed by atoms with Crippen molar-refractivity contribution in [3.8, 4) is 11.3 Å². The normalized spacial score (nSPS) is 17.4. The van der Waals surface area contributed by atoms with Gasteiger partial charge in [0.1, 0.15) is 11.2 Å². The van der Waals surface area contributed by atoms with Crippen molar-refractivity contribution < 1.29 is 4.92 Å². The van der Waals surface area contributed by atoms with Gasteiger partial charge in [-0.25, -0.2) is 4.68 Å². The summed E-state index contributed by atoms with van der Waals surface area (Å²) < 4.78 is 1.54. The molecule has 1 aliphatic rings. The second-order valence-electron chi connectivity index (χ2n) is 7.97. The molecule has 0 radical (unpaired) electrons. The standard InChI is InChI=1S/C21H23N5O3/c1-21(2,15-7-4-10-22-13-15)25-20(27)17-9-5-11-23-19(17)18(24-25)14-6-3-8-16(12-14)26(28)29/h3,5-6,8-9,11-12,15,22H,4,7,10,13H2,1-2H3. The molecule has 3 aromatic rings. The van der Waals surface area contributed by atoms with E-state index in [1.165, 1.54) is 12.1 Å². The molecule has 1 N–H and O–H groups in total. The maximum Gasteiger partial charge on any atom is 0.276 e. The number of non-ortho nitro benzene ring substituents is 1. The Kier molecular flexibility index (Phi) is 4.87. The summed E-state index contributed by atoms with van der Waals surface area (Å²) in [7, 11) is 0. The predicted molar refractivity (Wildman–Crippen MR) is 111 cm³/mol. The van der Waals surface area contributed by atoms with Crippen LogP contribution in [0.2, 0.25) is 0 Å². The van der Waals surface area contributed by atoms with Crippen molar-refractivity contribution in [1.82, 2.24) is 20.1 Å². The minimum Gasteiger partial charge on any atom is -0.316 e. The van der Waals surface area contributed by atoms with Gasteiger partial charge in [0.05, 0.1) is 15.8 Å². The summed E-state index contributed by atoms with van der Waals surface area (Å²) >= 11 is 0. The molecule has 0 aliphatic carbocycles. The van der Waals surface area contributed by atoms with Crippen molar-refractivity contribution in [2.24, 2.45) is 5.92 Å². The number of hydrogen-bond acceptors (Lipinski definition) is 6. The summed E-state index contributed by atoms with van der Waals surface area (Å²) in [6, 6.07) is 9.75. The molecule has 4 rings (SSSR count). The lowest BCUT2D eigenvalue weighted by molar-refractivity contribution is -0.384. The molecular formula is C21H23N5O3. The van der Waals surface area contributed by atoms with E-state index < -0.39 is 10.5 Å². The highest BCUT2D eigenvalue weighted by molar-refractivity contribution is 5.90. The predicted octanol–water partition coefficient (Wildman–Crippen LogP) is 3.10. The molecule has 29 heavy (non-hydrogen) atoms. The third kappa shape index (κ3) is 3.40. The minimum atomic E-state index is -0.524. The van der Waals surface area contributed by atoms with Gasteiger partial charge in [0.15, 0.2) is 0 Å². The second-order valence-corrected chi connectivity index (χ2v) is 7.97. The molecular weight excluding hydrogens is 370 g/mol. The van der Waals surface area contributed by atoms with E-state index in [0.29, 0.717) is 22.2 Å². The fourth-order valence-electron chi connectivity index (χ4n) is 4.05. The molecule has 1 atom stereocenters. The van der Waals surface area contributed by atoms with Crippen LogP contribution >= 0.6 is 0 Å². The number of nitro groups is 1. The van der Waals surface area contributed by atoms with Gasteiger partial charge in [0, 0.05) is 30.4 Å². The summed E-state index contributed by atoms with van der Waals surface area (Å²) in [6.45, 7) is 5.85. The zero-order chi connectivity index (χ0) is 20.6. The van der Waals surface area contributed by atoms with Gasteiger partial charge in [0.2, 0.25) is 0 Å². The number of nitrogens with zero attached hydrogens (tertiary/aromatic N) is 4. The lowest BCUT2D eigenvalue weighted by Gasteiger charge is -2.38. The molecule has 1 fully saturated rings. The van der Waals surface area contributed by atoms with Gasteiger partial charge < -0.3 is 5.32 Å². The molecule has 0 bridgehead atoms. The quantitative estimate of drug-likeness (QED) is 0.540.